The molecule has 0 N–H and O–H groups in total. The Hall–Kier alpha value is -2.55. The summed E-state index contributed by atoms with van der Waals surface area (Å²) >= 11 is 0. The Balaban J connectivity index is 1.30. The normalized spacial score (nSPS) is 18.1. The number of hydrogen-bond donors (Lipinski definition) is 0. The van der Waals surface area contributed by atoms with Gasteiger partial charge in [0.15, 0.2) is 0 Å². The highest BCUT2D eigenvalue weighted by Gasteiger charge is 2.20. The highest BCUT2D eigenvalue weighted by Crippen LogP contribution is 2.34. The van der Waals surface area contributed by atoms with Crippen LogP contribution in [0.5, 0.6) is 11.5 Å². The molecule has 0 aliphatic heterocycles. The number of carbonyl (C=O) groups is 1. The lowest BCUT2D eigenvalue weighted by atomic mass is 9.78. The van der Waals surface area contributed by atoms with Gasteiger partial charge in [0, 0.05) is 0 Å². The number of rotatable bonds is 18. The van der Waals surface area contributed by atoms with Gasteiger partial charge in [0.2, 0.25) is 0 Å². The van der Waals surface area contributed by atoms with Crippen molar-refractivity contribution >= 4 is 5.97 Å². The molecule has 3 heteroatoms. The molecular weight excluding hydrogens is 492 g/mol. The van der Waals surface area contributed by atoms with Crippen LogP contribution in [-0.4, -0.2) is 12.6 Å². The lowest BCUT2D eigenvalue weighted by Gasteiger charge is -2.28. The van der Waals surface area contributed by atoms with Crippen LogP contribution in [0.25, 0.3) is 0 Å². The molecule has 3 rings (SSSR count). The van der Waals surface area contributed by atoms with Gasteiger partial charge in [-0.2, -0.15) is 0 Å². The monoisotopic (exact) mass is 546 g/mol. The molecule has 2 aromatic carbocycles. The van der Waals surface area contributed by atoms with E-state index < -0.39 is 0 Å². The van der Waals surface area contributed by atoms with Gasteiger partial charge in [0.1, 0.15) is 11.5 Å². The summed E-state index contributed by atoms with van der Waals surface area (Å²) < 4.78 is 11.5. The van der Waals surface area contributed by atoms with Gasteiger partial charge in [0.25, 0.3) is 0 Å². The maximum atomic E-state index is 12.6. The van der Waals surface area contributed by atoms with Gasteiger partial charge in [-0.15, -0.1) is 0 Å². The Morgan fingerprint density at radius 2 is 1.50 bits per heavy atom. The van der Waals surface area contributed by atoms with Crippen molar-refractivity contribution in [2.45, 2.75) is 117 Å². The first kappa shape index (κ1) is 32.0. The molecule has 1 aliphatic carbocycles. The highest BCUT2D eigenvalue weighted by molar-refractivity contribution is 5.91. The molecule has 0 radical (unpaired) electrons. The van der Waals surface area contributed by atoms with Gasteiger partial charge in [-0.05, 0) is 98.2 Å². The van der Waals surface area contributed by atoms with Crippen molar-refractivity contribution in [3.63, 3.8) is 0 Å². The summed E-state index contributed by atoms with van der Waals surface area (Å²) in [6.07, 6.45) is 23.8. The fraction of sp³-hybridized carbons (Fsp3) is 0.595. The Morgan fingerprint density at radius 1 is 0.825 bits per heavy atom. The van der Waals surface area contributed by atoms with Crippen molar-refractivity contribution in [2.75, 3.05) is 6.61 Å². The third-order valence-electron chi connectivity index (χ3n) is 8.72. The summed E-state index contributed by atoms with van der Waals surface area (Å²) in [4.78, 5) is 12.6. The van der Waals surface area contributed by atoms with Crippen LogP contribution in [0, 0.1) is 17.8 Å². The van der Waals surface area contributed by atoms with E-state index in [1.807, 2.05) is 24.3 Å². The molecule has 0 spiro atoms. The summed E-state index contributed by atoms with van der Waals surface area (Å²) in [7, 11) is 0. The number of aryl methyl sites for hydroxylation is 1. The highest BCUT2D eigenvalue weighted by atomic mass is 16.5. The molecule has 0 unspecified atom stereocenters. The average Bonchev–Trinajstić information content (AvgIpc) is 2.99. The van der Waals surface area contributed by atoms with Crippen molar-refractivity contribution in [2.24, 2.45) is 17.8 Å². The molecule has 0 bridgehead atoms. The lowest BCUT2D eigenvalue weighted by molar-refractivity contribution is 0.0734. The van der Waals surface area contributed by atoms with Crippen LogP contribution < -0.4 is 9.47 Å². The van der Waals surface area contributed by atoms with E-state index in [1.165, 1.54) is 82.6 Å². The first-order chi connectivity index (χ1) is 19.6. The fourth-order valence-corrected chi connectivity index (χ4v) is 5.73. The topological polar surface area (TPSA) is 35.5 Å². The van der Waals surface area contributed by atoms with E-state index in [2.05, 4.69) is 45.1 Å². The summed E-state index contributed by atoms with van der Waals surface area (Å²) in [5.74, 6) is 3.69. The summed E-state index contributed by atoms with van der Waals surface area (Å²) in [6, 6.07) is 15.4. The van der Waals surface area contributed by atoms with Gasteiger partial charge in [-0.1, -0.05) is 103 Å². The van der Waals surface area contributed by atoms with Crippen molar-refractivity contribution in [1.29, 1.82) is 0 Å². The van der Waals surface area contributed by atoms with Gasteiger partial charge < -0.3 is 9.47 Å². The summed E-state index contributed by atoms with van der Waals surface area (Å²) in [6.45, 7) is 7.50. The predicted molar refractivity (Wildman–Crippen MR) is 168 cm³/mol. The van der Waals surface area contributed by atoms with Crippen LogP contribution in [0.4, 0.5) is 0 Å². The number of hydrogen-bond acceptors (Lipinski definition) is 3. The van der Waals surface area contributed by atoms with Gasteiger partial charge >= 0.3 is 5.97 Å². The maximum Gasteiger partial charge on any atom is 0.343 e. The van der Waals surface area contributed by atoms with Crippen molar-refractivity contribution in [3.8, 4) is 11.5 Å². The molecule has 1 atom stereocenters. The molecule has 0 aromatic heterocycles. The minimum absolute atomic E-state index is 0.331. The van der Waals surface area contributed by atoms with E-state index in [0.717, 1.165) is 49.4 Å². The lowest BCUT2D eigenvalue weighted by Crippen LogP contribution is -2.15. The van der Waals surface area contributed by atoms with E-state index in [9.17, 15) is 4.79 Å². The summed E-state index contributed by atoms with van der Waals surface area (Å²) in [5.41, 5.74) is 1.86. The minimum atomic E-state index is -0.331. The maximum absolute atomic E-state index is 12.6. The smallest absolute Gasteiger partial charge is 0.343 e. The van der Waals surface area contributed by atoms with E-state index in [1.54, 1.807) is 12.1 Å². The number of esters is 1. The van der Waals surface area contributed by atoms with Gasteiger partial charge in [-0.3, -0.25) is 0 Å². The molecule has 0 saturated heterocycles. The second-order valence-corrected chi connectivity index (χ2v) is 12.0. The molecule has 1 aliphatic rings. The zero-order chi connectivity index (χ0) is 28.4. The number of ether oxygens (including phenoxy) is 2. The molecule has 40 heavy (non-hydrogen) atoms. The Kier molecular flexibility index (Phi) is 15.0. The first-order valence-electron chi connectivity index (χ1n) is 16.3. The van der Waals surface area contributed by atoms with Crippen molar-refractivity contribution < 1.29 is 14.3 Å². The van der Waals surface area contributed by atoms with Gasteiger partial charge in [0.05, 0.1) is 12.2 Å². The Bertz CT molecular complexity index is 967. The molecule has 0 heterocycles. The minimum Gasteiger partial charge on any atom is -0.494 e. The standard InChI is InChI=1S/C37H54O3/c1-4-6-7-8-11-14-31-15-17-32(18-16-31)19-20-33-21-25-36(26-22-33)40-37(38)34-23-27-35(28-24-34)39-29-12-9-10-13-30(3)5-2/h6-7,21-28,30-32H,4-5,8-20,29H2,1-3H3/b7-6-/t30-,31-,32-/m0/s1. The molecule has 1 fully saturated rings. The van der Waals surface area contributed by atoms with E-state index in [0.29, 0.717) is 11.3 Å². The van der Waals surface area contributed by atoms with Crippen LogP contribution in [0.1, 0.15) is 127 Å². The number of unbranched alkanes of at least 4 members (excludes halogenated alkanes) is 3. The molecule has 2 aromatic rings. The van der Waals surface area contributed by atoms with Crippen LogP contribution in [0.3, 0.4) is 0 Å². The molecule has 1 saturated carbocycles. The van der Waals surface area contributed by atoms with Crippen LogP contribution in [0.2, 0.25) is 0 Å². The Labute approximate surface area is 244 Å². The van der Waals surface area contributed by atoms with Crippen LogP contribution >= 0.6 is 0 Å². The zero-order valence-electron chi connectivity index (χ0n) is 25.5. The quantitative estimate of drug-likeness (QED) is 0.0807. The third kappa shape index (κ3) is 12.3. The van der Waals surface area contributed by atoms with E-state index >= 15 is 0 Å². The second-order valence-electron chi connectivity index (χ2n) is 12.0. The molecule has 0 amide bonds. The average molecular weight is 547 g/mol. The summed E-state index contributed by atoms with van der Waals surface area (Å²) in [5, 5.41) is 0. The number of carbonyl (C=O) groups excluding carboxylic acids is 1. The van der Waals surface area contributed by atoms with Crippen LogP contribution in [0.15, 0.2) is 60.7 Å². The molecule has 3 nitrogen and oxygen atoms in total. The zero-order valence-corrected chi connectivity index (χ0v) is 25.5. The molecule has 220 valence electrons. The van der Waals surface area contributed by atoms with Crippen molar-refractivity contribution in [3.05, 3.63) is 71.8 Å². The third-order valence-corrected chi connectivity index (χ3v) is 8.72. The molecular formula is C37H54O3. The number of benzene rings is 2. The Morgan fingerprint density at radius 3 is 2.17 bits per heavy atom. The second kappa shape index (κ2) is 18.7. The van der Waals surface area contributed by atoms with E-state index in [-0.39, 0.29) is 5.97 Å². The largest absolute Gasteiger partial charge is 0.494 e. The fourth-order valence-electron chi connectivity index (χ4n) is 5.73. The van der Waals surface area contributed by atoms with Gasteiger partial charge in [-0.25, -0.2) is 4.79 Å². The number of allylic oxidation sites excluding steroid dienone is 2. The van der Waals surface area contributed by atoms with Crippen LogP contribution in [-0.2, 0) is 6.42 Å². The first-order valence-corrected chi connectivity index (χ1v) is 16.3. The van der Waals surface area contributed by atoms with E-state index in [4.69, 9.17) is 9.47 Å². The SMILES string of the molecule is CC/C=C\CCC[C@H]1CC[C@H](CCc2ccc(OC(=O)c3ccc(OCCCCC[C@@H](C)CC)cc3)cc2)CC1. The predicted octanol–water partition coefficient (Wildman–Crippen LogP) is 10.8. The van der Waals surface area contributed by atoms with Crippen molar-refractivity contribution in [1.82, 2.24) is 0 Å².